The summed E-state index contributed by atoms with van der Waals surface area (Å²) in [4.78, 5) is 11.3. The molecule has 0 saturated carbocycles. The van der Waals surface area contributed by atoms with Crippen LogP contribution in [-0.4, -0.2) is 23.3 Å². The lowest BCUT2D eigenvalue weighted by Gasteiger charge is -2.17. The minimum Gasteiger partial charge on any atom is -0.489 e. The number of benzene rings is 2. The Labute approximate surface area is 147 Å². The zero-order valence-electron chi connectivity index (χ0n) is 13.7. The van der Waals surface area contributed by atoms with Crippen molar-refractivity contribution in [2.45, 2.75) is 39.1 Å². The number of carbonyl (C=O) groups is 1. The van der Waals surface area contributed by atoms with Gasteiger partial charge >= 0.3 is 5.97 Å². The molecule has 0 aliphatic heterocycles. The zero-order chi connectivity index (χ0) is 17.5. The number of rotatable bonds is 8. The maximum Gasteiger partial charge on any atom is 0.333 e. The van der Waals surface area contributed by atoms with Crippen molar-refractivity contribution in [3.8, 4) is 5.75 Å². The van der Waals surface area contributed by atoms with E-state index in [9.17, 15) is 9.90 Å². The van der Waals surface area contributed by atoms with Crippen molar-refractivity contribution >= 4 is 17.6 Å². The number of hydrogen-bond acceptors (Lipinski definition) is 3. The maximum absolute atomic E-state index is 11.3. The average molecular weight is 349 g/mol. The smallest absolute Gasteiger partial charge is 0.333 e. The number of carboxylic acids is 1. The van der Waals surface area contributed by atoms with Crippen LogP contribution in [0.4, 0.5) is 0 Å². The molecule has 1 atom stereocenters. The van der Waals surface area contributed by atoms with Gasteiger partial charge in [-0.25, -0.2) is 4.79 Å². The molecule has 0 spiro atoms. The van der Waals surface area contributed by atoms with Gasteiger partial charge in [-0.2, -0.15) is 0 Å². The molecule has 0 amide bonds. The fourth-order valence-corrected chi connectivity index (χ4v) is 2.37. The molecule has 0 fully saturated rings. The quantitative estimate of drug-likeness (QED) is 0.771. The first-order valence-electron chi connectivity index (χ1n) is 7.78. The monoisotopic (exact) mass is 348 g/mol. The highest BCUT2D eigenvalue weighted by molar-refractivity contribution is 6.30. The molecule has 1 N–H and O–H groups in total. The Kier molecular flexibility index (Phi) is 6.64. The second-order valence-corrected chi connectivity index (χ2v) is 6.21. The molecule has 0 bridgehead atoms. The fourth-order valence-electron chi connectivity index (χ4n) is 2.25. The van der Waals surface area contributed by atoms with Crippen LogP contribution in [0.25, 0.3) is 0 Å². The molecule has 2 aromatic carbocycles. The van der Waals surface area contributed by atoms with Crippen molar-refractivity contribution in [1.29, 1.82) is 0 Å². The lowest BCUT2D eigenvalue weighted by atomic mass is 10.1. The van der Waals surface area contributed by atoms with Crippen molar-refractivity contribution in [2.75, 3.05) is 0 Å². The van der Waals surface area contributed by atoms with E-state index in [1.54, 1.807) is 0 Å². The van der Waals surface area contributed by atoms with Gasteiger partial charge in [0.15, 0.2) is 6.10 Å². The summed E-state index contributed by atoms with van der Waals surface area (Å²) in [6.45, 7) is 4.06. The molecule has 0 heterocycles. The number of carboxylic acid groups (broad SMARTS) is 1. The van der Waals surface area contributed by atoms with Crippen molar-refractivity contribution in [3.05, 3.63) is 64.7 Å². The zero-order valence-corrected chi connectivity index (χ0v) is 14.5. The summed E-state index contributed by atoms with van der Waals surface area (Å²) in [6.07, 6.45) is -0.710. The van der Waals surface area contributed by atoms with E-state index in [1.807, 2.05) is 62.4 Å². The predicted octanol–water partition coefficient (Wildman–Crippen LogP) is 4.34. The predicted molar refractivity (Wildman–Crippen MR) is 93.6 cm³/mol. The first kappa shape index (κ1) is 18.3. The molecule has 1 unspecified atom stereocenters. The summed E-state index contributed by atoms with van der Waals surface area (Å²) in [5, 5.41) is 9.95. The van der Waals surface area contributed by atoms with Crippen molar-refractivity contribution in [2.24, 2.45) is 0 Å². The third-order valence-corrected chi connectivity index (χ3v) is 3.60. The molecule has 128 valence electrons. The Bertz CT molecular complexity index is 667. The van der Waals surface area contributed by atoms with E-state index in [4.69, 9.17) is 21.1 Å². The first-order valence-corrected chi connectivity index (χ1v) is 8.16. The van der Waals surface area contributed by atoms with Crippen LogP contribution in [0.3, 0.4) is 0 Å². The van der Waals surface area contributed by atoms with Crippen LogP contribution in [0.5, 0.6) is 5.75 Å². The highest BCUT2D eigenvalue weighted by Crippen LogP contribution is 2.18. The Morgan fingerprint density at radius 2 is 1.83 bits per heavy atom. The molecule has 0 aliphatic carbocycles. The number of ether oxygens (including phenoxy) is 2. The van der Waals surface area contributed by atoms with Crippen molar-refractivity contribution < 1.29 is 19.4 Å². The van der Waals surface area contributed by atoms with E-state index in [0.29, 0.717) is 23.8 Å². The maximum atomic E-state index is 11.3. The molecule has 4 nitrogen and oxygen atoms in total. The molecule has 0 aliphatic rings. The topological polar surface area (TPSA) is 55.8 Å². The third kappa shape index (κ3) is 5.87. The van der Waals surface area contributed by atoms with Gasteiger partial charge in [0.2, 0.25) is 0 Å². The standard InChI is InChI=1S/C19H21ClO4/c1-13(2)24-18(19(21)22)11-15-4-3-5-17(10-15)23-12-14-6-8-16(20)9-7-14/h3-10,13,18H,11-12H2,1-2H3,(H,21,22). The van der Waals surface area contributed by atoms with E-state index in [-0.39, 0.29) is 6.10 Å². The molecule has 24 heavy (non-hydrogen) atoms. The fraction of sp³-hybridized carbons (Fsp3) is 0.316. The van der Waals surface area contributed by atoms with Gasteiger partial charge in [0, 0.05) is 11.4 Å². The first-order chi connectivity index (χ1) is 11.4. The Balaban J connectivity index is 1.99. The van der Waals surface area contributed by atoms with Gasteiger partial charge in [0.1, 0.15) is 12.4 Å². The molecular formula is C19H21ClO4. The summed E-state index contributed by atoms with van der Waals surface area (Å²) < 4.78 is 11.2. The number of hydrogen-bond donors (Lipinski definition) is 1. The van der Waals surface area contributed by atoms with Crippen LogP contribution in [0.1, 0.15) is 25.0 Å². The highest BCUT2D eigenvalue weighted by atomic mass is 35.5. The van der Waals surface area contributed by atoms with Gasteiger partial charge in [0.05, 0.1) is 6.10 Å². The lowest BCUT2D eigenvalue weighted by molar-refractivity contribution is -0.153. The van der Waals surface area contributed by atoms with E-state index >= 15 is 0 Å². The van der Waals surface area contributed by atoms with Gasteiger partial charge in [-0.05, 0) is 49.2 Å². The molecule has 0 radical (unpaired) electrons. The van der Waals surface area contributed by atoms with Crippen LogP contribution in [0.15, 0.2) is 48.5 Å². The van der Waals surface area contributed by atoms with E-state index in [2.05, 4.69) is 0 Å². The molecule has 2 aromatic rings. The molecular weight excluding hydrogens is 328 g/mol. The normalized spacial score (nSPS) is 12.2. The van der Waals surface area contributed by atoms with Gasteiger partial charge in [-0.15, -0.1) is 0 Å². The van der Waals surface area contributed by atoms with Crippen LogP contribution < -0.4 is 4.74 Å². The summed E-state index contributed by atoms with van der Waals surface area (Å²) in [6, 6.07) is 14.9. The van der Waals surface area contributed by atoms with Crippen LogP contribution in [0, 0.1) is 0 Å². The Morgan fingerprint density at radius 3 is 2.46 bits per heavy atom. The average Bonchev–Trinajstić information content (AvgIpc) is 2.53. The SMILES string of the molecule is CC(C)OC(Cc1cccc(OCc2ccc(Cl)cc2)c1)C(=O)O. The summed E-state index contributed by atoms with van der Waals surface area (Å²) in [5.74, 6) is -0.271. The van der Waals surface area contributed by atoms with Crippen LogP contribution in [-0.2, 0) is 22.6 Å². The number of aliphatic carboxylic acids is 1. The van der Waals surface area contributed by atoms with Crippen molar-refractivity contribution in [1.82, 2.24) is 0 Å². The molecule has 5 heteroatoms. The second-order valence-electron chi connectivity index (χ2n) is 5.78. The molecule has 0 saturated heterocycles. The van der Waals surface area contributed by atoms with Crippen LogP contribution >= 0.6 is 11.6 Å². The lowest BCUT2D eigenvalue weighted by Crippen LogP contribution is -2.29. The van der Waals surface area contributed by atoms with Gasteiger partial charge < -0.3 is 14.6 Å². The van der Waals surface area contributed by atoms with E-state index in [1.165, 1.54) is 0 Å². The van der Waals surface area contributed by atoms with E-state index in [0.717, 1.165) is 11.1 Å². The van der Waals surface area contributed by atoms with Gasteiger partial charge in [-0.1, -0.05) is 35.9 Å². The molecule has 0 aromatic heterocycles. The highest BCUT2D eigenvalue weighted by Gasteiger charge is 2.20. The van der Waals surface area contributed by atoms with Gasteiger partial charge in [-0.3, -0.25) is 0 Å². The third-order valence-electron chi connectivity index (χ3n) is 3.35. The summed E-state index contributed by atoms with van der Waals surface area (Å²) in [7, 11) is 0. The summed E-state index contributed by atoms with van der Waals surface area (Å²) >= 11 is 5.86. The minimum absolute atomic E-state index is 0.143. The van der Waals surface area contributed by atoms with E-state index < -0.39 is 12.1 Å². The minimum atomic E-state index is -0.962. The van der Waals surface area contributed by atoms with Crippen LogP contribution in [0.2, 0.25) is 5.02 Å². The van der Waals surface area contributed by atoms with Crippen molar-refractivity contribution in [3.63, 3.8) is 0 Å². The number of halogens is 1. The second kappa shape index (κ2) is 8.71. The Morgan fingerprint density at radius 1 is 1.12 bits per heavy atom. The largest absolute Gasteiger partial charge is 0.489 e. The molecule has 2 rings (SSSR count). The summed E-state index contributed by atoms with van der Waals surface area (Å²) in [5.41, 5.74) is 1.87. The Hall–Kier alpha value is -2.04. The van der Waals surface area contributed by atoms with Gasteiger partial charge in [0.25, 0.3) is 0 Å².